The van der Waals surface area contributed by atoms with E-state index >= 15 is 0 Å². The number of nitrogens with one attached hydrogen (secondary N) is 1. The van der Waals surface area contributed by atoms with Gasteiger partial charge in [0.25, 0.3) is 5.91 Å². The molecule has 0 aliphatic carbocycles. The molecule has 0 bridgehead atoms. The van der Waals surface area contributed by atoms with Crippen LogP contribution in [0.4, 0.5) is 11.4 Å². The van der Waals surface area contributed by atoms with Gasteiger partial charge in [-0.15, -0.1) is 0 Å². The van der Waals surface area contributed by atoms with Gasteiger partial charge in [-0.2, -0.15) is 0 Å². The third-order valence-corrected chi connectivity index (χ3v) is 5.00. The lowest BCUT2D eigenvalue weighted by Crippen LogP contribution is -2.48. The zero-order valence-electron chi connectivity index (χ0n) is 15.0. The lowest BCUT2D eigenvalue weighted by molar-refractivity contribution is 0.102. The molecule has 1 aliphatic heterocycles. The van der Waals surface area contributed by atoms with E-state index in [-0.39, 0.29) is 11.4 Å². The van der Waals surface area contributed by atoms with Gasteiger partial charge < -0.3 is 10.2 Å². The molecule has 3 heteroatoms. The molecule has 3 nitrogen and oxygen atoms in total. The summed E-state index contributed by atoms with van der Waals surface area (Å²) in [5, 5.41) is 3.03. The molecule has 0 radical (unpaired) electrons. The maximum absolute atomic E-state index is 12.4. The van der Waals surface area contributed by atoms with E-state index in [1.807, 2.05) is 36.4 Å². The van der Waals surface area contributed by atoms with Crippen LogP contribution in [0.15, 0.2) is 48.5 Å². The molecule has 24 heavy (non-hydrogen) atoms. The summed E-state index contributed by atoms with van der Waals surface area (Å²) in [5.41, 5.74) is 4.27. The maximum Gasteiger partial charge on any atom is 0.255 e. The highest BCUT2D eigenvalue weighted by molar-refractivity contribution is 6.04. The predicted octanol–water partition coefficient (Wildman–Crippen LogP) is 5.05. The first-order chi connectivity index (χ1) is 11.4. The van der Waals surface area contributed by atoms with Crippen molar-refractivity contribution >= 4 is 17.3 Å². The number of anilines is 2. The predicted molar refractivity (Wildman–Crippen MR) is 101 cm³/mol. The van der Waals surface area contributed by atoms with Gasteiger partial charge in [-0.1, -0.05) is 31.2 Å². The molecule has 126 valence electrons. The summed E-state index contributed by atoms with van der Waals surface area (Å²) in [4.78, 5) is 14.8. The van der Waals surface area contributed by atoms with Crippen LogP contribution in [-0.2, 0) is 0 Å². The van der Waals surface area contributed by atoms with Crippen molar-refractivity contribution in [2.75, 3.05) is 16.8 Å². The van der Waals surface area contributed by atoms with Crippen LogP contribution in [-0.4, -0.2) is 18.0 Å². The van der Waals surface area contributed by atoms with Gasteiger partial charge in [0.2, 0.25) is 0 Å². The van der Waals surface area contributed by atoms with Crippen LogP contribution >= 0.6 is 0 Å². The number of amides is 1. The van der Waals surface area contributed by atoms with Crippen molar-refractivity contribution in [2.24, 2.45) is 0 Å². The monoisotopic (exact) mass is 322 g/mol. The number of carbonyl (C=O) groups is 1. The second-order valence-corrected chi connectivity index (χ2v) is 7.26. The Bertz CT molecular complexity index is 737. The van der Waals surface area contributed by atoms with Crippen molar-refractivity contribution in [2.45, 2.75) is 45.6 Å². The van der Waals surface area contributed by atoms with E-state index in [1.54, 1.807) is 0 Å². The molecule has 1 amide bonds. The van der Waals surface area contributed by atoms with Gasteiger partial charge in [0.15, 0.2) is 0 Å². The molecule has 2 aromatic rings. The maximum atomic E-state index is 12.4. The highest BCUT2D eigenvalue weighted by Gasteiger charge is 2.35. The molecule has 2 aromatic carbocycles. The van der Waals surface area contributed by atoms with Crippen LogP contribution in [0.25, 0.3) is 0 Å². The van der Waals surface area contributed by atoms with E-state index in [9.17, 15) is 4.79 Å². The minimum absolute atomic E-state index is 0.0679. The molecule has 1 N–H and O–H groups in total. The molecule has 1 heterocycles. The summed E-state index contributed by atoms with van der Waals surface area (Å²) in [6.45, 7) is 10.0. The van der Waals surface area contributed by atoms with Gasteiger partial charge >= 0.3 is 0 Å². The SMILES string of the molecule is CCN1c2cc(NC(=O)c3ccccc3)ccc2C(C)CC1(C)C. The lowest BCUT2D eigenvalue weighted by Gasteiger charge is -2.47. The Kier molecular flexibility index (Phi) is 4.35. The molecular formula is C21H26N2O. The van der Waals surface area contributed by atoms with E-state index in [2.05, 4.69) is 50.0 Å². The fourth-order valence-electron chi connectivity index (χ4n) is 3.96. The first kappa shape index (κ1) is 16.6. The summed E-state index contributed by atoms with van der Waals surface area (Å²) < 4.78 is 0. The molecule has 0 fully saturated rings. The molecule has 0 spiro atoms. The first-order valence-electron chi connectivity index (χ1n) is 8.70. The fourth-order valence-corrected chi connectivity index (χ4v) is 3.96. The Morgan fingerprint density at radius 3 is 2.58 bits per heavy atom. The van der Waals surface area contributed by atoms with Crippen molar-refractivity contribution in [3.63, 3.8) is 0 Å². The number of fused-ring (bicyclic) bond motifs is 1. The van der Waals surface area contributed by atoms with Crippen LogP contribution < -0.4 is 10.2 Å². The second-order valence-electron chi connectivity index (χ2n) is 7.26. The summed E-state index contributed by atoms with van der Waals surface area (Å²) in [5.74, 6) is 0.457. The van der Waals surface area contributed by atoms with Crippen molar-refractivity contribution in [3.05, 3.63) is 59.7 Å². The van der Waals surface area contributed by atoms with Gasteiger partial charge in [-0.25, -0.2) is 0 Å². The van der Waals surface area contributed by atoms with E-state index in [0.29, 0.717) is 11.5 Å². The lowest BCUT2D eigenvalue weighted by atomic mass is 9.80. The zero-order valence-corrected chi connectivity index (χ0v) is 15.0. The smallest absolute Gasteiger partial charge is 0.255 e. The van der Waals surface area contributed by atoms with E-state index in [1.165, 1.54) is 11.3 Å². The van der Waals surface area contributed by atoms with Crippen LogP contribution in [0.3, 0.4) is 0 Å². The zero-order chi connectivity index (χ0) is 17.3. The third-order valence-electron chi connectivity index (χ3n) is 5.00. The molecule has 1 aliphatic rings. The number of nitrogens with zero attached hydrogens (tertiary/aromatic N) is 1. The van der Waals surface area contributed by atoms with Crippen molar-refractivity contribution in [1.29, 1.82) is 0 Å². The number of benzene rings is 2. The Morgan fingerprint density at radius 1 is 1.21 bits per heavy atom. The number of hydrogen-bond acceptors (Lipinski definition) is 2. The molecule has 1 unspecified atom stereocenters. The normalized spacial score (nSPS) is 18.8. The van der Waals surface area contributed by atoms with Gasteiger partial charge in [-0.3, -0.25) is 4.79 Å². The minimum atomic E-state index is -0.0679. The highest BCUT2D eigenvalue weighted by atomic mass is 16.1. The van der Waals surface area contributed by atoms with Gasteiger partial charge in [0.05, 0.1) is 0 Å². The Morgan fingerprint density at radius 2 is 1.92 bits per heavy atom. The standard InChI is InChI=1S/C21H26N2O/c1-5-23-19-13-17(22-20(24)16-9-7-6-8-10-16)11-12-18(19)15(2)14-21(23,3)4/h6-13,15H,5,14H2,1-4H3,(H,22,24). The van der Waals surface area contributed by atoms with E-state index in [0.717, 1.165) is 18.7 Å². The summed E-state index contributed by atoms with van der Waals surface area (Å²) in [6.07, 6.45) is 1.14. The minimum Gasteiger partial charge on any atom is -0.366 e. The largest absolute Gasteiger partial charge is 0.366 e. The van der Waals surface area contributed by atoms with Gasteiger partial charge in [0, 0.05) is 29.0 Å². The summed E-state index contributed by atoms with van der Waals surface area (Å²) in [7, 11) is 0. The molecule has 1 atom stereocenters. The van der Waals surface area contributed by atoms with E-state index < -0.39 is 0 Å². The highest BCUT2D eigenvalue weighted by Crippen LogP contribution is 2.44. The first-order valence-corrected chi connectivity index (χ1v) is 8.70. The fraction of sp³-hybridized carbons (Fsp3) is 0.381. The third kappa shape index (κ3) is 3.03. The van der Waals surface area contributed by atoms with Crippen molar-refractivity contribution in [3.8, 4) is 0 Å². The van der Waals surface area contributed by atoms with Crippen LogP contribution in [0.2, 0.25) is 0 Å². The molecular weight excluding hydrogens is 296 g/mol. The Balaban J connectivity index is 1.92. The molecule has 0 saturated heterocycles. The Labute approximate surface area is 144 Å². The van der Waals surface area contributed by atoms with Crippen LogP contribution in [0.1, 0.15) is 56.0 Å². The molecule has 3 rings (SSSR count). The quantitative estimate of drug-likeness (QED) is 0.857. The molecule has 0 aromatic heterocycles. The number of rotatable bonds is 3. The van der Waals surface area contributed by atoms with E-state index in [4.69, 9.17) is 0 Å². The number of carbonyl (C=O) groups excluding carboxylic acids is 1. The topological polar surface area (TPSA) is 32.3 Å². The van der Waals surface area contributed by atoms with Gasteiger partial charge in [0.1, 0.15) is 0 Å². The Hall–Kier alpha value is -2.29. The van der Waals surface area contributed by atoms with Gasteiger partial charge in [-0.05, 0) is 62.9 Å². The van der Waals surface area contributed by atoms with Crippen LogP contribution in [0, 0.1) is 0 Å². The average molecular weight is 322 g/mol. The average Bonchev–Trinajstić information content (AvgIpc) is 2.55. The molecule has 0 saturated carbocycles. The second kappa shape index (κ2) is 6.31. The van der Waals surface area contributed by atoms with Crippen LogP contribution in [0.5, 0.6) is 0 Å². The number of hydrogen-bond donors (Lipinski definition) is 1. The van der Waals surface area contributed by atoms with Crippen molar-refractivity contribution < 1.29 is 4.79 Å². The summed E-state index contributed by atoms with van der Waals surface area (Å²) in [6, 6.07) is 15.6. The van der Waals surface area contributed by atoms with Crippen molar-refractivity contribution in [1.82, 2.24) is 0 Å². The summed E-state index contributed by atoms with van der Waals surface area (Å²) >= 11 is 0.